The Hall–Kier alpha value is -3.72. The van der Waals surface area contributed by atoms with Crippen LogP contribution < -0.4 is 14.3 Å². The highest BCUT2D eigenvalue weighted by Crippen LogP contribution is 2.37. The Bertz CT molecular complexity index is 1270. The summed E-state index contributed by atoms with van der Waals surface area (Å²) in [7, 11) is 0. The van der Waals surface area contributed by atoms with E-state index in [1.165, 1.54) is 29.2 Å². The van der Waals surface area contributed by atoms with E-state index in [0.717, 1.165) is 16.8 Å². The molecule has 8 nitrogen and oxygen atoms in total. The smallest absolute Gasteiger partial charge is 0.282 e. The van der Waals surface area contributed by atoms with E-state index < -0.39 is 4.92 Å². The van der Waals surface area contributed by atoms with Crippen molar-refractivity contribution in [3.8, 4) is 22.8 Å². The molecule has 1 aromatic heterocycles. The van der Waals surface area contributed by atoms with Gasteiger partial charge in [0, 0.05) is 10.9 Å². The summed E-state index contributed by atoms with van der Waals surface area (Å²) in [6.45, 7) is 8.30. The van der Waals surface area contributed by atoms with Crippen LogP contribution in [0.25, 0.3) is 11.3 Å². The molecule has 0 unspecified atom stereocenters. The van der Waals surface area contributed by atoms with Gasteiger partial charge in [0.25, 0.3) is 5.69 Å². The fourth-order valence-corrected chi connectivity index (χ4v) is 3.94. The van der Waals surface area contributed by atoms with Gasteiger partial charge in [0.2, 0.25) is 11.6 Å². The van der Waals surface area contributed by atoms with Crippen molar-refractivity contribution in [1.82, 2.24) is 4.68 Å². The molecule has 158 valence electrons. The fraction of sp³-hybridized carbons (Fsp3) is 0.182. The molecule has 0 amide bonds. The summed E-state index contributed by atoms with van der Waals surface area (Å²) in [6, 6.07) is 9.09. The Morgan fingerprint density at radius 3 is 2.71 bits per heavy atom. The number of nitro groups is 1. The van der Waals surface area contributed by atoms with Crippen molar-refractivity contribution in [1.29, 1.82) is 0 Å². The third-order valence-electron chi connectivity index (χ3n) is 4.87. The molecule has 0 N–H and O–H groups in total. The number of nitrogens with zero attached hydrogens (tertiary/aromatic N) is 4. The zero-order chi connectivity index (χ0) is 22.0. The molecule has 9 heteroatoms. The van der Waals surface area contributed by atoms with E-state index in [9.17, 15) is 10.1 Å². The second-order valence-corrected chi connectivity index (χ2v) is 7.75. The van der Waals surface area contributed by atoms with Gasteiger partial charge in [-0.3, -0.25) is 15.1 Å². The van der Waals surface area contributed by atoms with Crippen LogP contribution in [0.15, 0.2) is 58.5 Å². The molecule has 0 aliphatic carbocycles. The maximum Gasteiger partial charge on any atom is 0.282 e. The number of hydrogen-bond acceptors (Lipinski definition) is 7. The van der Waals surface area contributed by atoms with Crippen LogP contribution in [0.1, 0.15) is 16.7 Å². The zero-order valence-electron chi connectivity index (χ0n) is 17.1. The van der Waals surface area contributed by atoms with Crippen LogP contribution in [-0.4, -0.2) is 29.2 Å². The van der Waals surface area contributed by atoms with Crippen molar-refractivity contribution in [3.05, 3.63) is 80.0 Å². The number of aromatic nitrogens is 1. The first-order chi connectivity index (χ1) is 15.0. The standard InChI is InChI=1S/C22H20N4O4S/c1-4-7-23-22-25(19(12-31-22)16-6-5-14(2)15(3)8-16)24-11-17-9-20-21(30-13-29-20)10-18(17)26(27)28/h4-6,8-12H,1,7,13H2,2-3H3. The number of nitro benzene ring substituents is 1. The summed E-state index contributed by atoms with van der Waals surface area (Å²) < 4.78 is 12.3. The highest BCUT2D eigenvalue weighted by Gasteiger charge is 2.22. The molecule has 0 radical (unpaired) electrons. The molecule has 31 heavy (non-hydrogen) atoms. The molecule has 3 aromatic rings. The predicted octanol–water partition coefficient (Wildman–Crippen LogP) is 4.44. The molecule has 0 spiro atoms. The lowest BCUT2D eigenvalue weighted by Crippen LogP contribution is -2.12. The van der Waals surface area contributed by atoms with E-state index in [2.05, 4.69) is 42.7 Å². The molecule has 0 saturated carbocycles. The van der Waals surface area contributed by atoms with Crippen LogP contribution in [0, 0.1) is 24.0 Å². The number of thiazole rings is 1. The lowest BCUT2D eigenvalue weighted by molar-refractivity contribution is -0.385. The average molecular weight is 436 g/mol. The lowest BCUT2D eigenvalue weighted by atomic mass is 10.1. The molecule has 0 bridgehead atoms. The molecule has 2 aromatic carbocycles. The minimum Gasteiger partial charge on any atom is -0.454 e. The predicted molar refractivity (Wildman–Crippen MR) is 120 cm³/mol. The first kappa shape index (κ1) is 20.5. The SMILES string of the molecule is C=CCN=c1scc(-c2ccc(C)c(C)c2)n1N=Cc1cc2c(cc1[N+](=O)[O-])OCO2. The molecular formula is C22H20N4O4S. The first-order valence-electron chi connectivity index (χ1n) is 9.50. The first-order valence-corrected chi connectivity index (χ1v) is 10.4. The van der Waals surface area contributed by atoms with Crippen LogP contribution in [0.4, 0.5) is 5.69 Å². The van der Waals surface area contributed by atoms with Gasteiger partial charge in [0.1, 0.15) is 0 Å². The van der Waals surface area contributed by atoms with Crippen molar-refractivity contribution >= 4 is 23.2 Å². The van der Waals surface area contributed by atoms with E-state index in [0.29, 0.717) is 28.4 Å². The largest absolute Gasteiger partial charge is 0.454 e. The van der Waals surface area contributed by atoms with Crippen LogP contribution in [0.3, 0.4) is 0 Å². The van der Waals surface area contributed by atoms with Crippen molar-refractivity contribution in [2.45, 2.75) is 13.8 Å². The minimum absolute atomic E-state index is 0.0356. The highest BCUT2D eigenvalue weighted by molar-refractivity contribution is 7.07. The third-order valence-corrected chi connectivity index (χ3v) is 5.73. The lowest BCUT2D eigenvalue weighted by Gasteiger charge is -2.07. The van der Waals surface area contributed by atoms with Crippen LogP contribution in [-0.2, 0) is 0 Å². The van der Waals surface area contributed by atoms with Crippen LogP contribution in [0.5, 0.6) is 11.5 Å². The van der Waals surface area contributed by atoms with Gasteiger partial charge in [-0.15, -0.1) is 17.9 Å². The Labute approximate surface area is 182 Å². The maximum atomic E-state index is 11.6. The minimum atomic E-state index is -0.463. The maximum absolute atomic E-state index is 11.6. The number of hydrogen-bond donors (Lipinski definition) is 0. The number of rotatable bonds is 6. The van der Waals surface area contributed by atoms with Gasteiger partial charge in [0.15, 0.2) is 11.5 Å². The van der Waals surface area contributed by atoms with E-state index in [4.69, 9.17) is 9.47 Å². The fourth-order valence-electron chi connectivity index (χ4n) is 3.09. The van der Waals surface area contributed by atoms with Crippen LogP contribution in [0.2, 0.25) is 0 Å². The monoisotopic (exact) mass is 436 g/mol. The van der Waals surface area contributed by atoms with Gasteiger partial charge in [-0.2, -0.15) is 5.10 Å². The topological polar surface area (TPSA) is 91.2 Å². The van der Waals surface area contributed by atoms with E-state index >= 15 is 0 Å². The van der Waals surface area contributed by atoms with Gasteiger partial charge in [-0.25, -0.2) is 4.68 Å². The summed E-state index contributed by atoms with van der Waals surface area (Å²) in [4.78, 5) is 16.3. The van der Waals surface area contributed by atoms with Gasteiger partial charge >= 0.3 is 0 Å². The Balaban J connectivity index is 1.83. The second kappa shape index (κ2) is 8.57. The van der Waals surface area contributed by atoms with Gasteiger partial charge in [-0.1, -0.05) is 18.2 Å². The molecule has 4 rings (SSSR count). The summed E-state index contributed by atoms with van der Waals surface area (Å²) in [5.41, 5.74) is 4.39. The number of ether oxygens (including phenoxy) is 2. The summed E-state index contributed by atoms with van der Waals surface area (Å²) >= 11 is 1.44. The Morgan fingerprint density at radius 2 is 2.00 bits per heavy atom. The summed E-state index contributed by atoms with van der Waals surface area (Å²) in [6.07, 6.45) is 3.15. The summed E-state index contributed by atoms with van der Waals surface area (Å²) in [5.74, 6) is 0.804. The number of aryl methyl sites for hydroxylation is 2. The molecule has 0 saturated heterocycles. The van der Waals surface area contributed by atoms with Crippen molar-refractivity contribution < 1.29 is 14.4 Å². The molecule has 1 aliphatic heterocycles. The Kier molecular flexibility index (Phi) is 5.68. The van der Waals surface area contributed by atoms with Gasteiger partial charge < -0.3 is 9.47 Å². The van der Waals surface area contributed by atoms with Gasteiger partial charge in [0.05, 0.1) is 35.0 Å². The van der Waals surface area contributed by atoms with Crippen molar-refractivity contribution in [2.75, 3.05) is 13.3 Å². The molecule has 0 atom stereocenters. The normalized spacial score (nSPS) is 13.2. The second-order valence-electron chi connectivity index (χ2n) is 6.91. The van der Waals surface area contributed by atoms with Crippen molar-refractivity contribution in [2.24, 2.45) is 10.1 Å². The van der Waals surface area contributed by atoms with E-state index in [-0.39, 0.29) is 12.5 Å². The molecule has 1 aliphatic rings. The summed E-state index contributed by atoms with van der Waals surface area (Å²) in [5, 5.41) is 18.1. The Morgan fingerprint density at radius 1 is 1.23 bits per heavy atom. The van der Waals surface area contributed by atoms with E-state index in [1.54, 1.807) is 16.8 Å². The molecular weight excluding hydrogens is 416 g/mol. The third kappa shape index (κ3) is 4.13. The molecule has 2 heterocycles. The number of benzene rings is 2. The van der Waals surface area contributed by atoms with Crippen molar-refractivity contribution in [3.63, 3.8) is 0 Å². The van der Waals surface area contributed by atoms with E-state index in [1.807, 2.05) is 11.4 Å². The quantitative estimate of drug-likeness (QED) is 0.247. The van der Waals surface area contributed by atoms with Gasteiger partial charge in [-0.05, 0) is 37.1 Å². The van der Waals surface area contributed by atoms with Crippen LogP contribution >= 0.6 is 11.3 Å². The zero-order valence-corrected chi connectivity index (χ0v) is 17.9. The molecule has 0 fully saturated rings. The average Bonchev–Trinajstić information content (AvgIpc) is 3.38. The highest BCUT2D eigenvalue weighted by atomic mass is 32.1. The number of fused-ring (bicyclic) bond motifs is 1.